The Morgan fingerprint density at radius 3 is 0.769 bits per heavy atom. The van der Waals surface area contributed by atoms with E-state index in [0.29, 0.717) is 12.2 Å². The molecule has 0 heterocycles. The molecule has 1 rings (SSSR count). The average molecular weight is 182 g/mol. The van der Waals surface area contributed by atoms with Gasteiger partial charge in [0.1, 0.15) is 0 Å². The molecule has 0 aromatic carbocycles. The Kier molecular flexibility index (Phi) is 18.7. The highest BCUT2D eigenvalue weighted by atomic mass is 16.1. The summed E-state index contributed by atoms with van der Waals surface area (Å²) in [5, 5.41) is 13.5. The van der Waals surface area contributed by atoms with E-state index in [0.717, 1.165) is 0 Å². The second-order valence-corrected chi connectivity index (χ2v) is 2.66. The second kappa shape index (κ2) is 17.0. The molecular weight excluding hydrogens is 168 g/mol. The molecule has 0 atom stereocenters. The summed E-state index contributed by atoms with van der Waals surface area (Å²) in [6, 6.07) is 0. The monoisotopic (exact) mass is 182 g/mol. The van der Waals surface area contributed by atoms with Gasteiger partial charge in [-0.15, -0.1) is 0 Å². The van der Waals surface area contributed by atoms with Crippen LogP contribution in [-0.2, 0) is 9.59 Å². The molecule has 0 N–H and O–H groups in total. The summed E-state index contributed by atoms with van der Waals surface area (Å²) >= 11 is 0. The predicted octanol–water partition coefficient (Wildman–Crippen LogP) is 2.51. The van der Waals surface area contributed by atoms with Crippen LogP contribution in [0.4, 0.5) is 0 Å². The number of carbonyl (C=O) groups excluding carboxylic acids is 2. The summed E-state index contributed by atoms with van der Waals surface area (Å²) in [4.78, 5) is 16.5. The van der Waals surface area contributed by atoms with Gasteiger partial charge in [-0.25, -0.2) is 0 Å². The van der Waals surface area contributed by atoms with Crippen molar-refractivity contribution in [1.82, 2.24) is 0 Å². The zero-order valence-corrected chi connectivity index (χ0v) is 7.66. The predicted molar refractivity (Wildman–Crippen MR) is 50.4 cm³/mol. The average Bonchev–Trinajstić information content (AvgIpc) is 2.37. The van der Waals surface area contributed by atoms with Gasteiger partial charge in [0, 0.05) is 0 Å². The third-order valence-corrected chi connectivity index (χ3v) is 1.75. The quantitative estimate of drug-likeness (QED) is 0.327. The molecule has 1 aliphatic rings. The molecule has 0 amide bonds. The lowest BCUT2D eigenvalue weighted by Gasteiger charge is -1.85. The maximum Gasteiger partial charge on any atom is -0.0159 e. The number of isocyanates is 2. The van der Waals surface area contributed by atoms with Crippen LogP contribution >= 0.6 is 0 Å². The van der Waals surface area contributed by atoms with E-state index in [4.69, 9.17) is 20.4 Å². The van der Waals surface area contributed by atoms with Crippen LogP contribution in [0.25, 0.3) is 10.8 Å². The fourth-order valence-electron chi connectivity index (χ4n) is 1.24. The van der Waals surface area contributed by atoms with E-state index in [-0.39, 0.29) is 0 Å². The maximum atomic E-state index is 8.24. The van der Waals surface area contributed by atoms with Crippen LogP contribution in [0, 0.1) is 0 Å². The van der Waals surface area contributed by atoms with Crippen molar-refractivity contribution < 1.29 is 9.59 Å². The Hall–Kier alpha value is -1.24. The standard InChI is InChI=1S/C7H14.2CNO/c1-2-4-6-7-5-3-1;2*2-1-3/h1-7H2;;/q;2*-1. The van der Waals surface area contributed by atoms with E-state index >= 15 is 0 Å². The van der Waals surface area contributed by atoms with E-state index in [1.807, 2.05) is 0 Å². The molecule has 0 unspecified atom stereocenters. The first-order valence-electron chi connectivity index (χ1n) is 4.36. The molecule has 0 radical (unpaired) electrons. The van der Waals surface area contributed by atoms with Crippen molar-refractivity contribution in [3.8, 4) is 0 Å². The molecule has 0 saturated heterocycles. The Balaban J connectivity index is 0. The lowest BCUT2D eigenvalue weighted by Crippen LogP contribution is -1.66. The molecule has 0 spiro atoms. The number of hydrogen-bond acceptors (Lipinski definition) is 2. The van der Waals surface area contributed by atoms with Gasteiger partial charge in [0.25, 0.3) is 0 Å². The van der Waals surface area contributed by atoms with Gasteiger partial charge in [0.2, 0.25) is 0 Å². The van der Waals surface area contributed by atoms with Crippen LogP contribution in [0.5, 0.6) is 0 Å². The summed E-state index contributed by atoms with van der Waals surface area (Å²) in [7, 11) is 0. The van der Waals surface area contributed by atoms with Gasteiger partial charge in [-0.05, 0) is 12.2 Å². The Morgan fingerprint density at radius 1 is 0.615 bits per heavy atom. The van der Waals surface area contributed by atoms with Crippen LogP contribution in [0.3, 0.4) is 0 Å². The minimum absolute atomic E-state index is 0.500. The van der Waals surface area contributed by atoms with E-state index in [2.05, 4.69) is 0 Å². The SMILES string of the molecule is C1CCCCCC1.[N-]=C=O.[N-]=C=O. The van der Waals surface area contributed by atoms with Crippen molar-refractivity contribution in [3.05, 3.63) is 10.8 Å². The van der Waals surface area contributed by atoms with Gasteiger partial charge >= 0.3 is 0 Å². The summed E-state index contributed by atoms with van der Waals surface area (Å²) < 4.78 is 0. The molecule has 1 aliphatic carbocycles. The van der Waals surface area contributed by atoms with Gasteiger partial charge in [-0.3, -0.25) is 9.59 Å². The Bertz CT molecular complexity index is 125. The third kappa shape index (κ3) is 24.9. The summed E-state index contributed by atoms with van der Waals surface area (Å²) in [5.74, 6) is 0. The van der Waals surface area contributed by atoms with Crippen molar-refractivity contribution in [2.75, 3.05) is 0 Å². The second-order valence-electron chi connectivity index (χ2n) is 2.66. The van der Waals surface area contributed by atoms with Crippen LogP contribution in [-0.4, -0.2) is 12.2 Å². The Labute approximate surface area is 78.4 Å². The Morgan fingerprint density at radius 2 is 0.692 bits per heavy atom. The first-order chi connectivity index (χ1) is 6.33. The lowest BCUT2D eigenvalue weighted by atomic mass is 10.2. The molecular formula is C9H14N2O2-2. The minimum Gasteiger partial charge on any atom is -0.724 e. The molecule has 4 heteroatoms. The normalized spacial score (nSPS) is 14.2. The highest BCUT2D eigenvalue weighted by Gasteiger charge is 1.95. The molecule has 4 nitrogen and oxygen atoms in total. The summed E-state index contributed by atoms with van der Waals surface area (Å²) in [5.41, 5.74) is 0. The third-order valence-electron chi connectivity index (χ3n) is 1.75. The number of nitrogens with zero attached hydrogens (tertiary/aromatic N) is 2. The summed E-state index contributed by atoms with van der Waals surface area (Å²) in [6.07, 6.45) is 11.5. The molecule has 0 aliphatic heterocycles. The smallest absolute Gasteiger partial charge is 0.0159 e. The molecule has 1 fully saturated rings. The number of hydrogen-bond donors (Lipinski definition) is 0. The fourth-order valence-corrected chi connectivity index (χ4v) is 1.24. The van der Waals surface area contributed by atoms with Gasteiger partial charge < -0.3 is 10.8 Å². The van der Waals surface area contributed by atoms with Crippen molar-refractivity contribution in [3.63, 3.8) is 0 Å². The van der Waals surface area contributed by atoms with Crippen molar-refractivity contribution in [2.24, 2.45) is 0 Å². The van der Waals surface area contributed by atoms with Gasteiger partial charge in [-0.1, -0.05) is 44.9 Å². The molecule has 0 aromatic heterocycles. The van der Waals surface area contributed by atoms with Gasteiger partial charge in [-0.2, -0.15) is 0 Å². The van der Waals surface area contributed by atoms with E-state index in [9.17, 15) is 0 Å². The summed E-state index contributed by atoms with van der Waals surface area (Å²) in [6.45, 7) is 0. The molecule has 74 valence electrons. The number of rotatable bonds is 0. The zero-order valence-electron chi connectivity index (χ0n) is 7.66. The van der Waals surface area contributed by atoms with Crippen molar-refractivity contribution in [2.45, 2.75) is 44.9 Å². The first-order valence-corrected chi connectivity index (χ1v) is 4.36. The molecule has 0 aromatic rings. The fraction of sp³-hybridized carbons (Fsp3) is 0.778. The van der Waals surface area contributed by atoms with E-state index < -0.39 is 0 Å². The molecule has 0 bridgehead atoms. The lowest BCUT2D eigenvalue weighted by molar-refractivity contribution is 0.568. The van der Waals surface area contributed by atoms with Crippen molar-refractivity contribution in [1.29, 1.82) is 0 Å². The maximum absolute atomic E-state index is 8.24. The van der Waals surface area contributed by atoms with E-state index in [1.165, 1.54) is 44.9 Å². The van der Waals surface area contributed by atoms with E-state index in [1.54, 1.807) is 0 Å². The van der Waals surface area contributed by atoms with Crippen LogP contribution in [0.1, 0.15) is 44.9 Å². The first kappa shape index (κ1) is 14.3. The highest BCUT2D eigenvalue weighted by Crippen LogP contribution is 2.15. The zero-order chi connectivity index (χ0) is 10.4. The molecule has 1 saturated carbocycles. The van der Waals surface area contributed by atoms with Crippen LogP contribution in [0.15, 0.2) is 0 Å². The van der Waals surface area contributed by atoms with Gasteiger partial charge in [0.05, 0.1) is 0 Å². The largest absolute Gasteiger partial charge is 0.724 e. The minimum atomic E-state index is 0.500. The van der Waals surface area contributed by atoms with Crippen LogP contribution in [0.2, 0.25) is 0 Å². The molecule has 13 heavy (non-hydrogen) atoms. The highest BCUT2D eigenvalue weighted by molar-refractivity contribution is 5.37. The van der Waals surface area contributed by atoms with Crippen molar-refractivity contribution >= 4 is 12.2 Å². The van der Waals surface area contributed by atoms with Gasteiger partial charge in [0.15, 0.2) is 0 Å². The topological polar surface area (TPSA) is 78.7 Å². The van der Waals surface area contributed by atoms with Crippen LogP contribution < -0.4 is 0 Å².